The van der Waals surface area contributed by atoms with Gasteiger partial charge in [-0.3, -0.25) is 19.2 Å². The molecule has 0 radical (unpaired) electrons. The van der Waals surface area contributed by atoms with Crippen LogP contribution >= 0.6 is 0 Å². The third-order valence-corrected chi connectivity index (χ3v) is 7.73. The number of aliphatic hydroxyl groups is 3. The van der Waals surface area contributed by atoms with Crippen LogP contribution in [-0.2, 0) is 16.0 Å². The number of primary amides is 2. The summed E-state index contributed by atoms with van der Waals surface area (Å²) in [6.45, 7) is 0. The van der Waals surface area contributed by atoms with Crippen LogP contribution in [0.15, 0.2) is 47.7 Å². The maximum absolute atomic E-state index is 13.6. The zero-order valence-electron chi connectivity index (χ0n) is 19.0. The van der Waals surface area contributed by atoms with Gasteiger partial charge in [0.15, 0.2) is 17.2 Å². The molecule has 2 amide bonds. The maximum atomic E-state index is 13.6. The Hall–Kier alpha value is -4.02. The number of ketones is 2. The fourth-order valence-electron chi connectivity index (χ4n) is 6.04. The molecule has 36 heavy (non-hydrogen) atoms. The molecule has 0 heterocycles. The van der Waals surface area contributed by atoms with Crippen molar-refractivity contribution in [3.05, 3.63) is 64.4 Å². The predicted molar refractivity (Wildman–Crippen MR) is 125 cm³/mol. The molecular formula is C26H24N2O8. The Morgan fingerprint density at radius 1 is 1.03 bits per heavy atom. The van der Waals surface area contributed by atoms with E-state index in [4.69, 9.17) is 11.5 Å². The highest BCUT2D eigenvalue weighted by Crippen LogP contribution is 2.52. The van der Waals surface area contributed by atoms with Gasteiger partial charge in [-0.25, -0.2) is 0 Å². The molecule has 1 saturated carbocycles. The van der Waals surface area contributed by atoms with E-state index < -0.39 is 58.6 Å². The summed E-state index contributed by atoms with van der Waals surface area (Å²) in [5, 5.41) is 43.4. The minimum Gasteiger partial charge on any atom is -0.508 e. The Balaban J connectivity index is 1.67. The topological polar surface area (TPSA) is 201 Å². The summed E-state index contributed by atoms with van der Waals surface area (Å²) in [5.74, 6) is -8.22. The van der Waals surface area contributed by atoms with E-state index in [2.05, 4.69) is 0 Å². The molecule has 0 aromatic heterocycles. The number of carbonyl (C=O) groups is 4. The second kappa shape index (κ2) is 8.00. The standard InChI is InChI=1S/C26H24N2O8/c27-24(34)11-3-1-2-10(6-11)14-4-5-16(29)19-15(14)8-12-7-13-9-17(30)20(25(28)35)23(33)26(13,36)22(32)18(12)21(19)31/h1-6,12-13,17,20,29-30,32,36H,7-9H2,(H2,27,34)(H2,28,35)/t12-,13+,17?,20?,26+/m1/s1. The molecule has 3 aliphatic carbocycles. The predicted octanol–water partition coefficient (Wildman–Crippen LogP) is 0.511. The molecule has 3 aliphatic rings. The Labute approximate surface area is 204 Å². The number of aromatic hydroxyl groups is 1. The summed E-state index contributed by atoms with van der Waals surface area (Å²) in [4.78, 5) is 50.2. The van der Waals surface area contributed by atoms with Gasteiger partial charge in [-0.1, -0.05) is 18.2 Å². The van der Waals surface area contributed by atoms with Gasteiger partial charge in [0.2, 0.25) is 11.8 Å². The molecule has 0 spiro atoms. The van der Waals surface area contributed by atoms with Crippen LogP contribution < -0.4 is 11.5 Å². The summed E-state index contributed by atoms with van der Waals surface area (Å²) in [7, 11) is 0. The number of phenolic OH excluding ortho intramolecular Hbond substituents is 1. The lowest BCUT2D eigenvalue weighted by Crippen LogP contribution is -2.63. The Morgan fingerprint density at radius 3 is 2.42 bits per heavy atom. The normalized spacial score (nSPS) is 29.3. The molecule has 2 unspecified atom stereocenters. The van der Waals surface area contributed by atoms with Crippen molar-refractivity contribution >= 4 is 23.4 Å². The van der Waals surface area contributed by atoms with Gasteiger partial charge in [-0.15, -0.1) is 0 Å². The van der Waals surface area contributed by atoms with E-state index in [1.54, 1.807) is 30.3 Å². The molecule has 1 fully saturated rings. The second-order valence-electron chi connectivity index (χ2n) is 9.67. The van der Waals surface area contributed by atoms with Gasteiger partial charge in [0.1, 0.15) is 17.4 Å². The van der Waals surface area contributed by atoms with Gasteiger partial charge < -0.3 is 31.9 Å². The number of rotatable bonds is 3. The van der Waals surface area contributed by atoms with Gasteiger partial charge in [0, 0.05) is 17.1 Å². The molecule has 8 N–H and O–H groups in total. The van der Waals surface area contributed by atoms with Crippen LogP contribution in [0.2, 0.25) is 0 Å². The first-order valence-electron chi connectivity index (χ1n) is 11.4. The number of carbonyl (C=O) groups excluding carboxylic acids is 4. The average Bonchev–Trinajstić information content (AvgIpc) is 2.81. The number of amides is 2. The number of Topliss-reactive ketones (excluding diaryl/α,β-unsaturated/α-hetero) is 2. The van der Waals surface area contributed by atoms with Crippen LogP contribution in [0.5, 0.6) is 5.75 Å². The smallest absolute Gasteiger partial charge is 0.248 e. The lowest BCUT2D eigenvalue weighted by Gasteiger charge is -2.48. The van der Waals surface area contributed by atoms with E-state index in [0.29, 0.717) is 16.7 Å². The van der Waals surface area contributed by atoms with E-state index in [9.17, 15) is 39.6 Å². The molecular weight excluding hydrogens is 468 g/mol. The quantitative estimate of drug-likeness (QED) is 0.333. The maximum Gasteiger partial charge on any atom is 0.248 e. The van der Waals surface area contributed by atoms with Crippen molar-refractivity contribution in [2.45, 2.75) is 31.0 Å². The second-order valence-corrected chi connectivity index (χ2v) is 9.67. The van der Waals surface area contributed by atoms with E-state index in [1.807, 2.05) is 0 Å². The monoisotopic (exact) mass is 492 g/mol. The molecule has 5 rings (SSSR count). The first-order chi connectivity index (χ1) is 17.0. The van der Waals surface area contributed by atoms with Crippen molar-refractivity contribution in [1.82, 2.24) is 0 Å². The zero-order valence-corrected chi connectivity index (χ0v) is 19.0. The Morgan fingerprint density at radius 2 is 1.75 bits per heavy atom. The van der Waals surface area contributed by atoms with E-state index >= 15 is 0 Å². The lowest BCUT2D eigenvalue weighted by atomic mass is 9.57. The van der Waals surface area contributed by atoms with Crippen LogP contribution in [0.25, 0.3) is 11.1 Å². The number of aliphatic hydroxyl groups excluding tert-OH is 2. The molecule has 0 saturated heterocycles. The van der Waals surface area contributed by atoms with Gasteiger partial charge in [-0.05, 0) is 60.1 Å². The zero-order chi connectivity index (χ0) is 26.1. The van der Waals surface area contributed by atoms with Crippen LogP contribution in [0.1, 0.15) is 39.1 Å². The van der Waals surface area contributed by atoms with Crippen molar-refractivity contribution in [2.24, 2.45) is 29.2 Å². The van der Waals surface area contributed by atoms with Crippen LogP contribution in [0.3, 0.4) is 0 Å². The average molecular weight is 492 g/mol. The molecule has 0 bridgehead atoms. The summed E-state index contributed by atoms with van der Waals surface area (Å²) in [6.07, 6.45) is -1.39. The molecule has 10 heteroatoms. The van der Waals surface area contributed by atoms with Crippen molar-refractivity contribution in [3.63, 3.8) is 0 Å². The van der Waals surface area contributed by atoms with E-state index in [1.165, 1.54) is 6.07 Å². The molecule has 10 nitrogen and oxygen atoms in total. The summed E-state index contributed by atoms with van der Waals surface area (Å²) < 4.78 is 0. The lowest BCUT2D eigenvalue weighted by molar-refractivity contribution is -0.167. The largest absolute Gasteiger partial charge is 0.508 e. The highest BCUT2D eigenvalue weighted by molar-refractivity contribution is 6.16. The summed E-state index contributed by atoms with van der Waals surface area (Å²) >= 11 is 0. The third-order valence-electron chi connectivity index (χ3n) is 7.73. The molecule has 5 atom stereocenters. The highest BCUT2D eigenvalue weighted by atomic mass is 16.3. The van der Waals surface area contributed by atoms with Crippen LogP contribution in [0, 0.1) is 17.8 Å². The van der Waals surface area contributed by atoms with Gasteiger partial charge >= 0.3 is 0 Å². The molecule has 2 aromatic carbocycles. The molecule has 2 aromatic rings. The first kappa shape index (κ1) is 23.7. The Bertz CT molecular complexity index is 1400. The number of phenols is 1. The summed E-state index contributed by atoms with van der Waals surface area (Å²) in [5.41, 5.74) is 9.71. The fourth-order valence-corrected chi connectivity index (χ4v) is 6.04. The van der Waals surface area contributed by atoms with Crippen molar-refractivity contribution < 1.29 is 39.6 Å². The van der Waals surface area contributed by atoms with Crippen LogP contribution in [0.4, 0.5) is 0 Å². The number of hydrogen-bond acceptors (Lipinski definition) is 8. The van der Waals surface area contributed by atoms with Crippen molar-refractivity contribution in [2.75, 3.05) is 0 Å². The number of benzene rings is 2. The molecule has 186 valence electrons. The highest BCUT2D eigenvalue weighted by Gasteiger charge is 2.62. The van der Waals surface area contributed by atoms with Gasteiger partial charge in [-0.2, -0.15) is 0 Å². The Kier molecular flexibility index (Phi) is 5.27. The number of nitrogens with two attached hydrogens (primary N) is 2. The van der Waals surface area contributed by atoms with Crippen molar-refractivity contribution in [3.8, 4) is 16.9 Å². The molecule has 0 aliphatic heterocycles. The fraction of sp³-hybridized carbons (Fsp3) is 0.308. The van der Waals surface area contributed by atoms with Gasteiger partial charge in [0.05, 0.1) is 11.7 Å². The van der Waals surface area contributed by atoms with E-state index in [-0.39, 0.29) is 41.7 Å². The number of hydrogen-bond donors (Lipinski definition) is 6. The van der Waals surface area contributed by atoms with Crippen molar-refractivity contribution in [1.29, 1.82) is 0 Å². The van der Waals surface area contributed by atoms with E-state index in [0.717, 1.165) is 0 Å². The van der Waals surface area contributed by atoms with Gasteiger partial charge in [0.25, 0.3) is 0 Å². The number of fused-ring (bicyclic) bond motifs is 3. The minimum absolute atomic E-state index is 0.0613. The SMILES string of the molecule is NC(=O)c1cccc(-c2ccc(O)c3c2C[C@H]2C[C@H]4CC(O)C(C(N)=O)C(=O)[C@@]4(O)C(O)=C2C3=O)c1. The van der Waals surface area contributed by atoms with Crippen LogP contribution in [-0.4, -0.2) is 55.5 Å². The number of allylic oxidation sites excluding steroid dienone is 1. The summed E-state index contributed by atoms with van der Waals surface area (Å²) in [6, 6.07) is 9.41. The first-order valence-corrected chi connectivity index (χ1v) is 11.4. The minimum atomic E-state index is -2.55. The third kappa shape index (κ3) is 3.18.